The van der Waals surface area contributed by atoms with Gasteiger partial charge in [-0.2, -0.15) is 5.10 Å². The summed E-state index contributed by atoms with van der Waals surface area (Å²) in [5, 5.41) is 7.86. The molecule has 6 heteroatoms. The Morgan fingerprint density at radius 3 is 2.37 bits per heavy atom. The first-order chi connectivity index (χ1) is 12.9. The molecule has 0 aliphatic rings. The Morgan fingerprint density at radius 2 is 1.70 bits per heavy atom. The summed E-state index contributed by atoms with van der Waals surface area (Å²) >= 11 is 5.91. The normalized spacial score (nSPS) is 10.6. The lowest BCUT2D eigenvalue weighted by molar-refractivity contribution is 0.0951. The fraction of sp³-hybridized carbons (Fsp3) is 0.190. The lowest BCUT2D eigenvalue weighted by Crippen LogP contribution is -2.32. The van der Waals surface area contributed by atoms with Crippen LogP contribution in [0, 0.1) is 13.8 Å². The van der Waals surface area contributed by atoms with Gasteiger partial charge in [0.25, 0.3) is 11.5 Å². The number of nitrogens with one attached hydrogen (secondary N) is 1. The van der Waals surface area contributed by atoms with Gasteiger partial charge in [0.15, 0.2) is 0 Å². The first kappa shape index (κ1) is 18.9. The van der Waals surface area contributed by atoms with Gasteiger partial charge >= 0.3 is 0 Å². The van der Waals surface area contributed by atoms with Crippen molar-refractivity contribution in [2.45, 2.75) is 20.4 Å². The quantitative estimate of drug-likeness (QED) is 0.734. The highest BCUT2D eigenvalue weighted by Crippen LogP contribution is 2.18. The summed E-state index contributed by atoms with van der Waals surface area (Å²) in [6, 6.07) is 16.1. The Balaban J connectivity index is 1.69. The van der Waals surface area contributed by atoms with Crippen molar-refractivity contribution in [3.8, 4) is 11.3 Å². The first-order valence-electron chi connectivity index (χ1n) is 8.63. The van der Waals surface area contributed by atoms with Crippen molar-refractivity contribution in [2.24, 2.45) is 0 Å². The summed E-state index contributed by atoms with van der Waals surface area (Å²) < 4.78 is 1.35. The predicted octanol–water partition coefficient (Wildman–Crippen LogP) is 3.61. The van der Waals surface area contributed by atoms with Gasteiger partial charge in [-0.15, -0.1) is 0 Å². The molecule has 0 aliphatic heterocycles. The monoisotopic (exact) mass is 381 g/mol. The van der Waals surface area contributed by atoms with Crippen LogP contribution in [-0.2, 0) is 6.54 Å². The highest BCUT2D eigenvalue weighted by Gasteiger charge is 2.08. The Labute approximate surface area is 162 Å². The summed E-state index contributed by atoms with van der Waals surface area (Å²) in [6.45, 7) is 4.50. The van der Waals surface area contributed by atoms with Crippen molar-refractivity contribution < 1.29 is 4.79 Å². The van der Waals surface area contributed by atoms with E-state index in [1.807, 2.05) is 44.2 Å². The van der Waals surface area contributed by atoms with Gasteiger partial charge in [0.05, 0.1) is 12.2 Å². The molecule has 0 fully saturated rings. The molecule has 5 nitrogen and oxygen atoms in total. The number of hydrogen-bond donors (Lipinski definition) is 1. The van der Waals surface area contributed by atoms with Crippen LogP contribution in [0.15, 0.2) is 59.4 Å². The van der Waals surface area contributed by atoms with Crippen LogP contribution in [-0.4, -0.2) is 22.2 Å². The third kappa shape index (κ3) is 4.83. The smallest absolute Gasteiger partial charge is 0.266 e. The van der Waals surface area contributed by atoms with Crippen LogP contribution >= 0.6 is 11.6 Å². The highest BCUT2D eigenvalue weighted by atomic mass is 35.5. The van der Waals surface area contributed by atoms with Crippen LogP contribution in [0.25, 0.3) is 11.3 Å². The average Bonchev–Trinajstić information content (AvgIpc) is 2.63. The number of aryl methyl sites for hydroxylation is 2. The van der Waals surface area contributed by atoms with E-state index in [2.05, 4.69) is 10.4 Å². The maximum Gasteiger partial charge on any atom is 0.266 e. The Hall–Kier alpha value is -2.92. The fourth-order valence-corrected chi connectivity index (χ4v) is 2.99. The SMILES string of the molecule is Cc1cc(C)cc(C(=O)NCCn2nc(-c3ccc(Cl)cc3)ccc2=O)c1. The molecule has 0 atom stereocenters. The van der Waals surface area contributed by atoms with Crippen molar-refractivity contribution in [2.75, 3.05) is 6.54 Å². The average molecular weight is 382 g/mol. The van der Waals surface area contributed by atoms with Crippen LogP contribution in [0.3, 0.4) is 0 Å². The lowest BCUT2D eigenvalue weighted by atomic mass is 10.1. The van der Waals surface area contributed by atoms with Gasteiger partial charge in [-0.3, -0.25) is 9.59 Å². The molecular weight excluding hydrogens is 362 g/mol. The minimum atomic E-state index is -0.214. The van der Waals surface area contributed by atoms with Gasteiger partial charge in [0.2, 0.25) is 0 Å². The zero-order valence-electron chi connectivity index (χ0n) is 15.2. The van der Waals surface area contributed by atoms with E-state index in [1.54, 1.807) is 18.2 Å². The van der Waals surface area contributed by atoms with Gasteiger partial charge in [-0.05, 0) is 44.2 Å². The number of hydrogen-bond acceptors (Lipinski definition) is 3. The standard InChI is InChI=1S/C21H20ClN3O2/c1-14-11-15(2)13-17(12-14)21(27)23-9-10-25-20(26)8-7-19(24-25)16-3-5-18(22)6-4-16/h3-8,11-13H,9-10H2,1-2H3,(H,23,27). The largest absolute Gasteiger partial charge is 0.350 e. The number of benzene rings is 2. The molecule has 0 aliphatic carbocycles. The topological polar surface area (TPSA) is 64.0 Å². The number of carbonyl (C=O) groups is 1. The van der Waals surface area contributed by atoms with Crippen molar-refractivity contribution in [3.63, 3.8) is 0 Å². The molecule has 0 radical (unpaired) electrons. The molecule has 0 saturated carbocycles. The zero-order chi connectivity index (χ0) is 19.4. The summed E-state index contributed by atoms with van der Waals surface area (Å²) in [5.74, 6) is -0.163. The molecule has 1 N–H and O–H groups in total. The van der Waals surface area contributed by atoms with Crippen LogP contribution in [0.2, 0.25) is 5.02 Å². The van der Waals surface area contributed by atoms with E-state index in [0.717, 1.165) is 16.7 Å². The Morgan fingerprint density at radius 1 is 1.04 bits per heavy atom. The fourth-order valence-electron chi connectivity index (χ4n) is 2.87. The van der Waals surface area contributed by atoms with Gasteiger partial charge < -0.3 is 5.32 Å². The van der Waals surface area contributed by atoms with Crippen molar-refractivity contribution in [1.29, 1.82) is 0 Å². The molecule has 1 heterocycles. The molecule has 1 amide bonds. The maximum absolute atomic E-state index is 12.3. The van der Waals surface area contributed by atoms with Crippen LogP contribution in [0.5, 0.6) is 0 Å². The van der Waals surface area contributed by atoms with E-state index >= 15 is 0 Å². The lowest BCUT2D eigenvalue weighted by Gasteiger charge is -2.09. The zero-order valence-corrected chi connectivity index (χ0v) is 16.0. The summed E-state index contributed by atoms with van der Waals surface area (Å²) in [7, 11) is 0. The van der Waals surface area contributed by atoms with Crippen LogP contribution in [0.4, 0.5) is 0 Å². The van der Waals surface area contributed by atoms with E-state index in [4.69, 9.17) is 11.6 Å². The second-order valence-corrected chi connectivity index (χ2v) is 6.86. The second kappa shape index (κ2) is 8.18. The third-order valence-electron chi connectivity index (χ3n) is 4.10. The van der Waals surface area contributed by atoms with Gasteiger partial charge in [-0.1, -0.05) is 40.9 Å². The molecule has 138 valence electrons. The third-order valence-corrected chi connectivity index (χ3v) is 4.35. The van der Waals surface area contributed by atoms with Gasteiger partial charge in [-0.25, -0.2) is 4.68 Å². The molecule has 0 bridgehead atoms. The summed E-state index contributed by atoms with van der Waals surface area (Å²) in [5.41, 5.74) is 4.01. The van der Waals surface area contributed by atoms with Crippen molar-refractivity contribution >= 4 is 17.5 Å². The number of aromatic nitrogens is 2. The number of halogens is 1. The Kier molecular flexibility index (Phi) is 5.72. The molecule has 0 spiro atoms. The van der Waals surface area contributed by atoms with Gasteiger partial charge in [0, 0.05) is 28.8 Å². The molecule has 3 rings (SSSR count). The van der Waals surface area contributed by atoms with Crippen LogP contribution < -0.4 is 10.9 Å². The molecular formula is C21H20ClN3O2. The first-order valence-corrected chi connectivity index (χ1v) is 9.01. The molecule has 2 aromatic carbocycles. The van der Waals surface area contributed by atoms with Gasteiger partial charge in [0.1, 0.15) is 0 Å². The molecule has 3 aromatic rings. The second-order valence-electron chi connectivity index (χ2n) is 6.42. The molecule has 0 unspecified atom stereocenters. The van der Waals surface area contributed by atoms with E-state index in [1.165, 1.54) is 10.7 Å². The van der Waals surface area contributed by atoms with Crippen molar-refractivity contribution in [3.05, 3.63) is 86.7 Å². The predicted molar refractivity (Wildman–Crippen MR) is 107 cm³/mol. The number of rotatable bonds is 5. The Bertz CT molecular complexity index is 1010. The minimum absolute atomic E-state index is 0.163. The van der Waals surface area contributed by atoms with E-state index < -0.39 is 0 Å². The summed E-state index contributed by atoms with van der Waals surface area (Å²) in [4.78, 5) is 24.4. The van der Waals surface area contributed by atoms with Crippen LogP contribution in [0.1, 0.15) is 21.5 Å². The number of nitrogens with zero attached hydrogens (tertiary/aromatic N) is 2. The summed E-state index contributed by atoms with van der Waals surface area (Å²) in [6.07, 6.45) is 0. The van der Waals surface area contributed by atoms with E-state index in [-0.39, 0.29) is 18.0 Å². The van der Waals surface area contributed by atoms with E-state index in [9.17, 15) is 9.59 Å². The highest BCUT2D eigenvalue weighted by molar-refractivity contribution is 6.30. The number of carbonyl (C=O) groups excluding carboxylic acids is 1. The molecule has 1 aromatic heterocycles. The minimum Gasteiger partial charge on any atom is -0.350 e. The molecule has 27 heavy (non-hydrogen) atoms. The maximum atomic E-state index is 12.3. The van der Waals surface area contributed by atoms with E-state index in [0.29, 0.717) is 22.8 Å². The number of amides is 1. The van der Waals surface area contributed by atoms with Crippen molar-refractivity contribution in [1.82, 2.24) is 15.1 Å². The molecule has 0 saturated heterocycles.